The third-order valence-electron chi connectivity index (χ3n) is 1.26. The van der Waals surface area contributed by atoms with Gasteiger partial charge in [0, 0.05) is 4.43 Å². The van der Waals surface area contributed by atoms with E-state index in [0.717, 1.165) is 4.43 Å². The molecule has 0 bridgehead atoms. The first-order valence-corrected chi connectivity index (χ1v) is 4.44. The smallest absolute Gasteiger partial charge is 0.322 e. The summed E-state index contributed by atoms with van der Waals surface area (Å²) in [4.78, 5) is 21.3. The molecular formula is C5H7IN2O2. The number of hydrogen-bond donors (Lipinski definition) is 2. The number of carbonyl (C=O) groups excluding carboxylic acids is 2. The first-order valence-electron chi connectivity index (χ1n) is 2.91. The Labute approximate surface area is 71.9 Å². The summed E-state index contributed by atoms with van der Waals surface area (Å²) in [6.07, 6.45) is 0.706. The molecule has 0 spiro atoms. The maximum Gasteiger partial charge on any atom is 0.322 e. The summed E-state index contributed by atoms with van der Waals surface area (Å²) < 4.78 is 0.871. The van der Waals surface area contributed by atoms with Crippen LogP contribution in [0.3, 0.4) is 0 Å². The van der Waals surface area contributed by atoms with Gasteiger partial charge in [0.25, 0.3) is 5.91 Å². The Bertz CT molecular complexity index is 171. The number of rotatable bonds is 2. The molecule has 5 heteroatoms. The standard InChI is InChI=1S/C5H7IN2O2/c6-2-1-3-4(9)8-5(10)7-3/h3H,1-2H2,(H2,7,8,9,10). The number of urea groups is 1. The zero-order valence-electron chi connectivity index (χ0n) is 5.19. The second-order valence-electron chi connectivity index (χ2n) is 1.99. The van der Waals surface area contributed by atoms with Gasteiger partial charge in [-0.1, -0.05) is 22.6 Å². The van der Waals surface area contributed by atoms with Gasteiger partial charge in [0.1, 0.15) is 6.04 Å². The maximum atomic E-state index is 10.8. The molecule has 1 atom stereocenters. The minimum Gasteiger partial charge on any atom is -0.326 e. The van der Waals surface area contributed by atoms with Gasteiger partial charge in [-0.05, 0) is 6.42 Å². The van der Waals surface area contributed by atoms with Gasteiger partial charge in [-0.3, -0.25) is 10.1 Å². The molecule has 3 amide bonds. The molecule has 0 radical (unpaired) electrons. The Kier molecular flexibility index (Phi) is 2.47. The zero-order chi connectivity index (χ0) is 7.56. The molecule has 0 aromatic carbocycles. The van der Waals surface area contributed by atoms with Crippen molar-refractivity contribution in [1.29, 1.82) is 0 Å². The monoisotopic (exact) mass is 254 g/mol. The Morgan fingerprint density at radius 3 is 2.60 bits per heavy atom. The van der Waals surface area contributed by atoms with Crippen LogP contribution < -0.4 is 10.6 Å². The van der Waals surface area contributed by atoms with E-state index in [-0.39, 0.29) is 18.0 Å². The van der Waals surface area contributed by atoms with Gasteiger partial charge >= 0.3 is 6.03 Å². The summed E-state index contributed by atoms with van der Waals surface area (Å²) in [7, 11) is 0. The van der Waals surface area contributed by atoms with E-state index in [1.807, 2.05) is 0 Å². The van der Waals surface area contributed by atoms with Crippen molar-refractivity contribution in [2.24, 2.45) is 0 Å². The molecule has 0 aliphatic carbocycles. The molecule has 1 aliphatic rings. The fraction of sp³-hybridized carbons (Fsp3) is 0.600. The molecule has 56 valence electrons. The Balaban J connectivity index is 2.46. The maximum absolute atomic E-state index is 10.8. The van der Waals surface area contributed by atoms with Gasteiger partial charge in [-0.15, -0.1) is 0 Å². The Hall–Kier alpha value is -0.330. The van der Waals surface area contributed by atoms with Gasteiger partial charge in [0.15, 0.2) is 0 Å². The highest BCUT2D eigenvalue weighted by Gasteiger charge is 2.28. The van der Waals surface area contributed by atoms with Crippen LogP contribution in [0.4, 0.5) is 4.79 Å². The lowest BCUT2D eigenvalue weighted by Gasteiger charge is -2.01. The van der Waals surface area contributed by atoms with Gasteiger partial charge < -0.3 is 5.32 Å². The molecule has 4 nitrogen and oxygen atoms in total. The van der Waals surface area contributed by atoms with Gasteiger partial charge in [0.2, 0.25) is 0 Å². The topological polar surface area (TPSA) is 58.2 Å². The van der Waals surface area contributed by atoms with E-state index < -0.39 is 0 Å². The van der Waals surface area contributed by atoms with E-state index in [9.17, 15) is 9.59 Å². The molecule has 1 unspecified atom stereocenters. The van der Waals surface area contributed by atoms with E-state index in [4.69, 9.17) is 0 Å². The first-order chi connectivity index (χ1) is 4.74. The second kappa shape index (κ2) is 3.18. The third-order valence-corrected chi connectivity index (χ3v) is 1.88. The lowest BCUT2D eigenvalue weighted by atomic mass is 10.2. The fourth-order valence-corrected chi connectivity index (χ4v) is 1.39. The normalized spacial score (nSPS) is 24.3. The molecule has 0 aromatic heterocycles. The highest BCUT2D eigenvalue weighted by molar-refractivity contribution is 14.1. The van der Waals surface area contributed by atoms with Crippen molar-refractivity contribution < 1.29 is 9.59 Å². The van der Waals surface area contributed by atoms with Crippen LogP contribution in [0.15, 0.2) is 0 Å². The van der Waals surface area contributed by atoms with Crippen LogP contribution in [0.2, 0.25) is 0 Å². The Morgan fingerprint density at radius 2 is 2.20 bits per heavy atom. The lowest BCUT2D eigenvalue weighted by Crippen LogP contribution is -2.28. The SMILES string of the molecule is O=C1NC(=O)C(CCI)N1. The van der Waals surface area contributed by atoms with Gasteiger partial charge in [-0.25, -0.2) is 4.79 Å². The largest absolute Gasteiger partial charge is 0.326 e. The lowest BCUT2D eigenvalue weighted by molar-refractivity contribution is -0.120. The van der Waals surface area contributed by atoms with Crippen molar-refractivity contribution in [3.63, 3.8) is 0 Å². The number of halogens is 1. The van der Waals surface area contributed by atoms with Crippen LogP contribution in [0.5, 0.6) is 0 Å². The summed E-state index contributed by atoms with van der Waals surface area (Å²) in [6, 6.07) is -0.677. The van der Waals surface area contributed by atoms with Crippen molar-refractivity contribution in [2.45, 2.75) is 12.5 Å². The number of amides is 3. The van der Waals surface area contributed by atoms with Gasteiger partial charge in [0.05, 0.1) is 0 Å². The second-order valence-corrected chi connectivity index (χ2v) is 3.07. The van der Waals surface area contributed by atoms with E-state index >= 15 is 0 Å². The van der Waals surface area contributed by atoms with Crippen molar-refractivity contribution in [3.05, 3.63) is 0 Å². The van der Waals surface area contributed by atoms with Crippen molar-refractivity contribution in [1.82, 2.24) is 10.6 Å². The van der Waals surface area contributed by atoms with Crippen LogP contribution >= 0.6 is 22.6 Å². The summed E-state index contributed by atoms with van der Waals surface area (Å²) in [5.74, 6) is -0.207. The molecular weight excluding hydrogens is 247 g/mol. The molecule has 1 fully saturated rings. The molecule has 2 N–H and O–H groups in total. The number of imide groups is 1. The summed E-state index contributed by atoms with van der Waals surface area (Å²) in [5.41, 5.74) is 0. The van der Waals surface area contributed by atoms with E-state index in [2.05, 4.69) is 33.2 Å². The molecule has 10 heavy (non-hydrogen) atoms. The summed E-state index contributed by atoms with van der Waals surface area (Å²) in [6.45, 7) is 0. The number of nitrogens with one attached hydrogen (secondary N) is 2. The number of hydrogen-bond acceptors (Lipinski definition) is 2. The summed E-state index contributed by atoms with van der Waals surface area (Å²) in [5, 5.41) is 4.66. The molecule has 1 saturated heterocycles. The highest BCUT2D eigenvalue weighted by atomic mass is 127. The molecule has 1 heterocycles. The molecule has 0 aromatic rings. The van der Waals surface area contributed by atoms with Crippen molar-refractivity contribution in [2.75, 3.05) is 4.43 Å². The minimum absolute atomic E-state index is 0.207. The first kappa shape index (κ1) is 7.77. The fourth-order valence-electron chi connectivity index (χ4n) is 0.771. The summed E-state index contributed by atoms with van der Waals surface area (Å²) >= 11 is 2.16. The highest BCUT2D eigenvalue weighted by Crippen LogP contribution is 2.00. The van der Waals surface area contributed by atoms with Crippen molar-refractivity contribution in [3.8, 4) is 0 Å². The van der Waals surface area contributed by atoms with Crippen molar-refractivity contribution >= 4 is 34.5 Å². The Morgan fingerprint density at radius 1 is 1.50 bits per heavy atom. The van der Waals surface area contributed by atoms with E-state index in [1.165, 1.54) is 0 Å². The van der Waals surface area contributed by atoms with Crippen LogP contribution in [0.25, 0.3) is 0 Å². The molecule has 1 aliphatic heterocycles. The minimum atomic E-state index is -0.375. The predicted molar refractivity (Wildman–Crippen MR) is 44.0 cm³/mol. The number of alkyl halides is 1. The molecule has 0 saturated carbocycles. The average Bonchev–Trinajstić information content (AvgIpc) is 2.13. The predicted octanol–water partition coefficient (Wildman–Crippen LogP) is 0.0195. The average molecular weight is 254 g/mol. The van der Waals surface area contributed by atoms with Crippen LogP contribution in [-0.2, 0) is 4.79 Å². The zero-order valence-corrected chi connectivity index (χ0v) is 7.34. The van der Waals surface area contributed by atoms with Gasteiger partial charge in [-0.2, -0.15) is 0 Å². The van der Waals surface area contributed by atoms with Crippen LogP contribution in [-0.4, -0.2) is 22.4 Å². The van der Waals surface area contributed by atoms with E-state index in [0.29, 0.717) is 6.42 Å². The third kappa shape index (κ3) is 1.59. The van der Waals surface area contributed by atoms with Crippen LogP contribution in [0.1, 0.15) is 6.42 Å². The van der Waals surface area contributed by atoms with E-state index in [1.54, 1.807) is 0 Å². The van der Waals surface area contributed by atoms with Crippen LogP contribution in [0, 0.1) is 0 Å². The quantitative estimate of drug-likeness (QED) is 0.414. The molecule has 1 rings (SSSR count). The number of carbonyl (C=O) groups is 2.